The molecule has 20 heavy (non-hydrogen) atoms. The molecule has 0 aliphatic carbocycles. The van der Waals surface area contributed by atoms with Gasteiger partial charge in [0.15, 0.2) is 0 Å². The largest absolute Gasteiger partial charge is 0.381 e. The smallest absolute Gasteiger partial charge is 0.0476 e. The number of benzene rings is 1. The van der Waals surface area contributed by atoms with Crippen LogP contribution in [0.2, 0.25) is 0 Å². The first-order valence-electron chi connectivity index (χ1n) is 7.70. The number of hydrogen-bond donors (Lipinski definition) is 1. The van der Waals surface area contributed by atoms with Crippen LogP contribution in [0.15, 0.2) is 18.2 Å². The Balaban J connectivity index is 1.98. The molecule has 0 spiro atoms. The monoisotopic (exact) mass is 293 g/mol. The van der Waals surface area contributed by atoms with Gasteiger partial charge in [-0.15, -0.1) is 0 Å². The third-order valence-electron chi connectivity index (χ3n) is 3.76. The van der Waals surface area contributed by atoms with E-state index in [0.29, 0.717) is 6.04 Å². The fourth-order valence-electron chi connectivity index (χ4n) is 2.81. The van der Waals surface area contributed by atoms with Gasteiger partial charge in [0.05, 0.1) is 0 Å². The van der Waals surface area contributed by atoms with Crippen molar-refractivity contribution in [1.82, 2.24) is 5.32 Å². The Morgan fingerprint density at radius 3 is 2.45 bits per heavy atom. The first-order chi connectivity index (χ1) is 9.69. The van der Waals surface area contributed by atoms with Gasteiger partial charge in [-0.1, -0.05) is 36.2 Å². The number of hydrogen-bond acceptors (Lipinski definition) is 3. The number of nitrogens with one attached hydrogen (secondary N) is 1. The van der Waals surface area contributed by atoms with Crippen molar-refractivity contribution in [3.05, 3.63) is 34.9 Å². The molecular weight excluding hydrogens is 266 g/mol. The first kappa shape index (κ1) is 15.9. The topological polar surface area (TPSA) is 21.3 Å². The standard InChI is InChI=1S/C17H27NOS/c1-4-18-17(12-20-16-5-7-19-8-6-16)15-10-13(2)9-14(3)11-15/h9-11,16-18H,4-8,12H2,1-3H3. The van der Waals surface area contributed by atoms with Crippen molar-refractivity contribution in [2.75, 3.05) is 25.5 Å². The fourth-order valence-corrected chi connectivity index (χ4v) is 4.11. The summed E-state index contributed by atoms with van der Waals surface area (Å²) >= 11 is 2.11. The maximum Gasteiger partial charge on any atom is 0.0476 e. The molecule has 2 rings (SSSR count). The molecule has 1 aromatic rings. The Hall–Kier alpha value is -0.510. The molecule has 0 radical (unpaired) electrons. The van der Waals surface area contributed by atoms with Crippen molar-refractivity contribution in [3.8, 4) is 0 Å². The number of aryl methyl sites for hydroxylation is 2. The van der Waals surface area contributed by atoms with Gasteiger partial charge < -0.3 is 10.1 Å². The summed E-state index contributed by atoms with van der Waals surface area (Å²) in [5.74, 6) is 1.15. The lowest BCUT2D eigenvalue weighted by atomic mass is 10.0. The lowest BCUT2D eigenvalue weighted by Gasteiger charge is -2.25. The Morgan fingerprint density at radius 1 is 1.20 bits per heavy atom. The minimum Gasteiger partial charge on any atom is -0.381 e. The van der Waals surface area contributed by atoms with E-state index in [4.69, 9.17) is 4.74 Å². The lowest BCUT2D eigenvalue weighted by molar-refractivity contribution is 0.1000. The number of ether oxygens (including phenoxy) is 1. The molecule has 1 saturated heterocycles. The van der Waals surface area contributed by atoms with Crippen LogP contribution in [-0.4, -0.2) is 30.8 Å². The van der Waals surface area contributed by atoms with Gasteiger partial charge in [-0.05, 0) is 38.8 Å². The van der Waals surface area contributed by atoms with Crippen LogP contribution in [0.25, 0.3) is 0 Å². The van der Waals surface area contributed by atoms with Crippen molar-refractivity contribution >= 4 is 11.8 Å². The van der Waals surface area contributed by atoms with Crippen molar-refractivity contribution in [1.29, 1.82) is 0 Å². The molecule has 1 fully saturated rings. The Morgan fingerprint density at radius 2 is 1.85 bits per heavy atom. The van der Waals surface area contributed by atoms with E-state index in [2.05, 4.69) is 56.0 Å². The van der Waals surface area contributed by atoms with E-state index < -0.39 is 0 Å². The minimum absolute atomic E-state index is 0.464. The van der Waals surface area contributed by atoms with Gasteiger partial charge in [0.2, 0.25) is 0 Å². The highest BCUT2D eigenvalue weighted by atomic mass is 32.2. The molecule has 0 bridgehead atoms. The quantitative estimate of drug-likeness (QED) is 0.860. The van der Waals surface area contributed by atoms with Gasteiger partial charge in [0.1, 0.15) is 0 Å². The summed E-state index contributed by atoms with van der Waals surface area (Å²) in [6, 6.07) is 7.36. The summed E-state index contributed by atoms with van der Waals surface area (Å²) in [6.45, 7) is 9.46. The third kappa shape index (κ3) is 4.80. The molecule has 2 nitrogen and oxygen atoms in total. The summed E-state index contributed by atoms with van der Waals surface area (Å²) < 4.78 is 5.44. The molecule has 1 N–H and O–H groups in total. The zero-order valence-corrected chi connectivity index (χ0v) is 13.8. The average Bonchev–Trinajstić information content (AvgIpc) is 2.43. The van der Waals surface area contributed by atoms with Crippen LogP contribution in [0.5, 0.6) is 0 Å². The molecule has 1 atom stereocenters. The van der Waals surface area contributed by atoms with E-state index in [-0.39, 0.29) is 0 Å². The third-order valence-corrected chi connectivity index (χ3v) is 5.23. The predicted octanol–water partition coefficient (Wildman–Crippen LogP) is 3.87. The molecule has 1 unspecified atom stereocenters. The van der Waals surface area contributed by atoms with E-state index in [1.165, 1.54) is 29.5 Å². The summed E-state index contributed by atoms with van der Waals surface area (Å²) in [6.07, 6.45) is 2.41. The average molecular weight is 293 g/mol. The molecule has 1 aliphatic rings. The van der Waals surface area contributed by atoms with E-state index in [9.17, 15) is 0 Å². The van der Waals surface area contributed by atoms with Gasteiger partial charge in [-0.25, -0.2) is 0 Å². The highest BCUT2D eigenvalue weighted by Crippen LogP contribution is 2.27. The molecule has 1 aromatic carbocycles. The van der Waals surface area contributed by atoms with Gasteiger partial charge in [-0.2, -0.15) is 11.8 Å². The first-order valence-corrected chi connectivity index (χ1v) is 8.75. The fraction of sp³-hybridized carbons (Fsp3) is 0.647. The number of thioether (sulfide) groups is 1. The van der Waals surface area contributed by atoms with Crippen LogP contribution in [0.3, 0.4) is 0 Å². The van der Waals surface area contributed by atoms with Crippen LogP contribution >= 0.6 is 11.8 Å². The Labute approximate surface area is 127 Å². The van der Waals surface area contributed by atoms with Crippen molar-refractivity contribution in [2.24, 2.45) is 0 Å². The van der Waals surface area contributed by atoms with Crippen LogP contribution in [0, 0.1) is 13.8 Å². The van der Waals surface area contributed by atoms with E-state index in [1.807, 2.05) is 0 Å². The lowest BCUT2D eigenvalue weighted by Crippen LogP contribution is -2.25. The zero-order valence-electron chi connectivity index (χ0n) is 12.9. The maximum atomic E-state index is 5.44. The summed E-state index contributed by atoms with van der Waals surface area (Å²) in [5, 5.41) is 4.41. The highest BCUT2D eigenvalue weighted by Gasteiger charge is 2.18. The van der Waals surface area contributed by atoms with Crippen molar-refractivity contribution in [3.63, 3.8) is 0 Å². The SMILES string of the molecule is CCNC(CSC1CCOCC1)c1cc(C)cc(C)c1. The van der Waals surface area contributed by atoms with Crippen LogP contribution in [0.1, 0.15) is 42.5 Å². The second kappa shape index (κ2) is 8.06. The summed E-state index contributed by atoms with van der Waals surface area (Å²) in [7, 11) is 0. The molecule has 0 amide bonds. The highest BCUT2D eigenvalue weighted by molar-refractivity contribution is 7.99. The summed E-state index contributed by atoms with van der Waals surface area (Å²) in [5.41, 5.74) is 4.15. The number of rotatable bonds is 6. The minimum atomic E-state index is 0.464. The van der Waals surface area contributed by atoms with Crippen molar-refractivity contribution in [2.45, 2.75) is 44.9 Å². The van der Waals surface area contributed by atoms with Crippen LogP contribution < -0.4 is 5.32 Å². The second-order valence-corrected chi connectivity index (χ2v) is 7.01. The molecule has 0 aromatic heterocycles. The molecule has 3 heteroatoms. The Bertz CT molecular complexity index is 395. The second-order valence-electron chi connectivity index (χ2n) is 5.68. The normalized spacial score (nSPS) is 18.1. The van der Waals surface area contributed by atoms with Crippen LogP contribution in [-0.2, 0) is 4.74 Å². The summed E-state index contributed by atoms with van der Waals surface area (Å²) in [4.78, 5) is 0. The van der Waals surface area contributed by atoms with E-state index in [1.54, 1.807) is 0 Å². The van der Waals surface area contributed by atoms with Gasteiger partial charge in [-0.3, -0.25) is 0 Å². The molecule has 1 heterocycles. The molecule has 0 saturated carbocycles. The Kier molecular flexibility index (Phi) is 6.40. The van der Waals surface area contributed by atoms with Crippen molar-refractivity contribution < 1.29 is 4.74 Å². The predicted molar refractivity (Wildman–Crippen MR) is 88.6 cm³/mol. The molecule has 1 aliphatic heterocycles. The van der Waals surface area contributed by atoms with E-state index >= 15 is 0 Å². The zero-order chi connectivity index (χ0) is 14.4. The van der Waals surface area contributed by atoms with E-state index in [0.717, 1.165) is 30.8 Å². The molecule has 112 valence electrons. The van der Waals surface area contributed by atoms with Gasteiger partial charge in [0, 0.05) is 30.3 Å². The molecular formula is C17H27NOS. The maximum absolute atomic E-state index is 5.44. The van der Waals surface area contributed by atoms with Crippen LogP contribution in [0.4, 0.5) is 0 Å². The van der Waals surface area contributed by atoms with Gasteiger partial charge in [0.25, 0.3) is 0 Å². The van der Waals surface area contributed by atoms with Gasteiger partial charge >= 0.3 is 0 Å².